The Labute approximate surface area is 172 Å². The van der Waals surface area contributed by atoms with Crippen molar-refractivity contribution in [3.8, 4) is 5.75 Å². The van der Waals surface area contributed by atoms with Gasteiger partial charge in [-0.2, -0.15) is 0 Å². The molecule has 0 saturated heterocycles. The highest BCUT2D eigenvalue weighted by Gasteiger charge is 2.38. The zero-order valence-electron chi connectivity index (χ0n) is 15.8. The number of carbonyl (C=O) groups excluding carboxylic acids is 2. The van der Waals surface area contributed by atoms with E-state index < -0.39 is 75.7 Å². The Hall–Kier alpha value is -3.63. The number of aromatic nitrogens is 1. The van der Waals surface area contributed by atoms with Gasteiger partial charge in [0.15, 0.2) is 11.4 Å². The third-order valence-corrected chi connectivity index (χ3v) is 5.26. The number of carbonyl (C=O) groups is 2. The number of halogens is 4. The molecule has 2 N–H and O–H groups in total. The number of hydrogen-bond acceptors (Lipinski definition) is 4. The highest BCUT2D eigenvalue weighted by Crippen LogP contribution is 2.33. The fourth-order valence-electron chi connectivity index (χ4n) is 3.68. The van der Waals surface area contributed by atoms with E-state index in [1.807, 2.05) is 0 Å². The van der Waals surface area contributed by atoms with Gasteiger partial charge in [0.2, 0.25) is 5.43 Å². The first kappa shape index (κ1) is 20.6. The van der Waals surface area contributed by atoms with E-state index >= 15 is 0 Å². The Morgan fingerprint density at radius 3 is 2.52 bits per heavy atom. The molecule has 1 aromatic heterocycles. The maximum atomic E-state index is 14.5. The van der Waals surface area contributed by atoms with Gasteiger partial charge in [-0.3, -0.25) is 14.4 Å². The van der Waals surface area contributed by atoms with E-state index in [0.717, 1.165) is 10.8 Å². The SMILES string of the molecule is O=C(NCc1c(F)cc(F)cc1F)c1cn2c(c(O)c1=O)C(=O)N1CCC=C(F)[C@H]2C1. The molecule has 4 rings (SSSR count). The van der Waals surface area contributed by atoms with Gasteiger partial charge in [-0.25, -0.2) is 17.6 Å². The van der Waals surface area contributed by atoms with E-state index in [-0.39, 0.29) is 19.5 Å². The van der Waals surface area contributed by atoms with E-state index in [1.165, 1.54) is 11.0 Å². The Balaban J connectivity index is 1.71. The molecule has 0 radical (unpaired) electrons. The first-order chi connectivity index (χ1) is 14.7. The molecule has 2 bridgehead atoms. The summed E-state index contributed by atoms with van der Waals surface area (Å²) in [5.74, 6) is -7.04. The monoisotopic (exact) mass is 437 g/mol. The van der Waals surface area contributed by atoms with Crippen molar-refractivity contribution >= 4 is 11.8 Å². The number of hydrogen-bond donors (Lipinski definition) is 2. The van der Waals surface area contributed by atoms with Crippen molar-refractivity contribution in [2.24, 2.45) is 0 Å². The Morgan fingerprint density at radius 1 is 1.16 bits per heavy atom. The number of aromatic hydroxyl groups is 1. The van der Waals surface area contributed by atoms with Crippen molar-refractivity contribution in [1.29, 1.82) is 0 Å². The molecule has 1 aromatic carbocycles. The van der Waals surface area contributed by atoms with Crippen LogP contribution in [-0.4, -0.2) is 39.5 Å². The number of nitrogens with zero attached hydrogens (tertiary/aromatic N) is 2. The molecule has 2 amide bonds. The molecule has 2 aromatic rings. The number of nitrogens with one attached hydrogen (secondary N) is 1. The minimum Gasteiger partial charge on any atom is -0.503 e. The van der Waals surface area contributed by atoms with Crippen molar-refractivity contribution < 1.29 is 32.3 Å². The number of rotatable bonds is 3. The Kier molecular flexibility index (Phi) is 5.03. The van der Waals surface area contributed by atoms with E-state index in [9.17, 15) is 37.1 Å². The van der Waals surface area contributed by atoms with Crippen LogP contribution in [0.3, 0.4) is 0 Å². The molecule has 0 spiro atoms. The van der Waals surface area contributed by atoms with E-state index in [4.69, 9.17) is 0 Å². The fourth-order valence-corrected chi connectivity index (χ4v) is 3.68. The van der Waals surface area contributed by atoms with Crippen LogP contribution in [0.1, 0.15) is 38.9 Å². The summed E-state index contributed by atoms with van der Waals surface area (Å²) in [6.45, 7) is -0.569. The van der Waals surface area contributed by atoms with Gasteiger partial charge in [0.1, 0.15) is 34.9 Å². The van der Waals surface area contributed by atoms with Crippen LogP contribution in [0.15, 0.2) is 35.0 Å². The minimum atomic E-state index is -1.24. The molecule has 2 aliphatic rings. The molecule has 2 aliphatic heterocycles. The van der Waals surface area contributed by atoms with Gasteiger partial charge in [-0.15, -0.1) is 0 Å². The summed E-state index contributed by atoms with van der Waals surface area (Å²) >= 11 is 0. The summed E-state index contributed by atoms with van der Waals surface area (Å²) in [7, 11) is 0. The van der Waals surface area contributed by atoms with Crippen molar-refractivity contribution in [3.05, 3.63) is 74.7 Å². The standard InChI is InChI=1S/C20H15F4N3O4/c21-9-4-13(23)10(14(24)5-9)6-25-19(30)11-7-27-15-8-26(3-1-2-12(15)22)20(31)16(27)18(29)17(11)28/h2,4-5,7,15,29H,1,3,6,8H2,(H,25,30)/t15-/m1/s1. The molecule has 162 valence electrons. The van der Waals surface area contributed by atoms with Crippen molar-refractivity contribution in [1.82, 2.24) is 14.8 Å². The second kappa shape index (κ2) is 7.56. The van der Waals surface area contributed by atoms with Crippen LogP contribution in [0.2, 0.25) is 0 Å². The van der Waals surface area contributed by atoms with Gasteiger partial charge < -0.3 is 19.9 Å². The van der Waals surface area contributed by atoms with Crippen molar-refractivity contribution in [3.63, 3.8) is 0 Å². The highest BCUT2D eigenvalue weighted by molar-refractivity contribution is 5.99. The van der Waals surface area contributed by atoms with Gasteiger partial charge in [-0.05, 0) is 12.5 Å². The predicted octanol–water partition coefficient (Wildman–Crippen LogP) is 2.16. The minimum absolute atomic E-state index is 0.0520. The lowest BCUT2D eigenvalue weighted by molar-refractivity contribution is 0.0677. The molecular weight excluding hydrogens is 422 g/mol. The fraction of sp³-hybridized carbons (Fsp3) is 0.250. The number of pyridine rings is 1. The van der Waals surface area contributed by atoms with Crippen LogP contribution in [0.4, 0.5) is 17.6 Å². The maximum Gasteiger partial charge on any atom is 0.274 e. The zero-order chi connectivity index (χ0) is 22.4. The summed E-state index contributed by atoms with van der Waals surface area (Å²) in [6.07, 6.45) is 2.46. The van der Waals surface area contributed by atoms with Crippen LogP contribution in [-0.2, 0) is 6.54 Å². The zero-order valence-corrected chi connectivity index (χ0v) is 15.8. The van der Waals surface area contributed by atoms with Gasteiger partial charge in [0.05, 0.1) is 0 Å². The van der Waals surface area contributed by atoms with Gasteiger partial charge in [0, 0.05) is 43.5 Å². The summed E-state index contributed by atoms with van der Waals surface area (Å²) in [5, 5.41) is 12.4. The van der Waals surface area contributed by atoms with E-state index in [1.54, 1.807) is 0 Å². The highest BCUT2D eigenvalue weighted by atomic mass is 19.1. The molecule has 0 aliphatic carbocycles. The first-order valence-electron chi connectivity index (χ1n) is 9.23. The predicted molar refractivity (Wildman–Crippen MR) is 98.6 cm³/mol. The summed E-state index contributed by atoms with van der Waals surface area (Å²) < 4.78 is 56.1. The number of fused-ring (bicyclic) bond motifs is 4. The molecule has 0 unspecified atom stereocenters. The second-order valence-electron chi connectivity index (χ2n) is 7.15. The van der Waals surface area contributed by atoms with Gasteiger partial charge in [-0.1, -0.05) is 0 Å². The summed E-state index contributed by atoms with van der Waals surface area (Å²) in [4.78, 5) is 38.9. The lowest BCUT2D eigenvalue weighted by atomic mass is 10.1. The summed E-state index contributed by atoms with van der Waals surface area (Å²) in [6, 6.07) is -0.175. The van der Waals surface area contributed by atoms with Crippen LogP contribution >= 0.6 is 0 Å². The quantitative estimate of drug-likeness (QED) is 0.720. The molecule has 7 nitrogen and oxygen atoms in total. The second-order valence-corrected chi connectivity index (χ2v) is 7.15. The Morgan fingerprint density at radius 2 is 1.84 bits per heavy atom. The average molecular weight is 437 g/mol. The lowest BCUT2D eigenvalue weighted by Gasteiger charge is -2.34. The van der Waals surface area contributed by atoms with E-state index in [0.29, 0.717) is 12.1 Å². The van der Waals surface area contributed by atoms with Gasteiger partial charge >= 0.3 is 0 Å². The molecule has 1 atom stereocenters. The molecule has 3 heterocycles. The van der Waals surface area contributed by atoms with Crippen LogP contribution in [0, 0.1) is 17.5 Å². The molecule has 31 heavy (non-hydrogen) atoms. The molecule has 0 fully saturated rings. The Bertz CT molecular complexity index is 1180. The molecular formula is C20H15F4N3O4. The summed E-state index contributed by atoms with van der Waals surface area (Å²) in [5.41, 5.74) is -2.93. The lowest BCUT2D eigenvalue weighted by Crippen LogP contribution is -2.44. The number of amides is 2. The topological polar surface area (TPSA) is 91.6 Å². The third kappa shape index (κ3) is 3.45. The van der Waals surface area contributed by atoms with Gasteiger partial charge in [0.25, 0.3) is 11.8 Å². The largest absolute Gasteiger partial charge is 0.503 e. The third-order valence-electron chi connectivity index (χ3n) is 5.26. The van der Waals surface area contributed by atoms with E-state index in [2.05, 4.69) is 5.32 Å². The number of benzene rings is 1. The molecule has 0 saturated carbocycles. The van der Waals surface area contributed by atoms with Crippen LogP contribution in [0.25, 0.3) is 0 Å². The maximum absolute atomic E-state index is 14.5. The van der Waals surface area contributed by atoms with Crippen LogP contribution < -0.4 is 10.7 Å². The van der Waals surface area contributed by atoms with Crippen molar-refractivity contribution in [2.45, 2.75) is 19.0 Å². The normalized spacial score (nSPS) is 17.7. The first-order valence-corrected chi connectivity index (χ1v) is 9.23. The molecule has 11 heteroatoms. The van der Waals surface area contributed by atoms with Crippen molar-refractivity contribution in [2.75, 3.05) is 13.1 Å². The van der Waals surface area contributed by atoms with Crippen LogP contribution in [0.5, 0.6) is 5.75 Å². The smallest absolute Gasteiger partial charge is 0.274 e. The average Bonchev–Trinajstić information content (AvgIpc) is 2.87.